The van der Waals surface area contributed by atoms with Gasteiger partial charge in [0.1, 0.15) is 5.54 Å². The van der Waals surface area contributed by atoms with E-state index in [2.05, 4.69) is 48.3 Å². The van der Waals surface area contributed by atoms with Crippen molar-refractivity contribution in [1.29, 1.82) is 0 Å². The topological polar surface area (TPSA) is 92.6 Å². The van der Waals surface area contributed by atoms with Crippen LogP contribution in [-0.2, 0) is 15.1 Å². The largest absolute Gasteiger partial charge is 0.324 e. The van der Waals surface area contributed by atoms with Gasteiger partial charge in [-0.15, -0.1) is 23.5 Å². The molecule has 2 saturated heterocycles. The number of amides is 1. The van der Waals surface area contributed by atoms with Crippen molar-refractivity contribution in [2.75, 3.05) is 24.4 Å². The molecule has 0 aliphatic carbocycles. The Kier molecular flexibility index (Phi) is 6.98. The molecule has 194 valence electrons. The van der Waals surface area contributed by atoms with E-state index in [1.807, 2.05) is 12.5 Å². The number of nitrogens with one attached hydrogen (secondary N) is 1. The fraction of sp³-hybridized carbons (Fsp3) is 0.429. The smallest absolute Gasteiger partial charge is 0.269 e. The minimum absolute atomic E-state index is 0.0183. The van der Waals surface area contributed by atoms with Gasteiger partial charge in [-0.2, -0.15) is 0 Å². The fourth-order valence-corrected chi connectivity index (χ4v) is 7.71. The number of rotatable bonds is 7. The summed E-state index contributed by atoms with van der Waals surface area (Å²) in [4.78, 5) is 41.8. The molecule has 5 rings (SSSR count). The molecule has 0 saturated carbocycles. The second kappa shape index (κ2) is 9.93. The number of anilines is 1. The number of nitrogens with zero attached hydrogens (tertiary/aromatic N) is 2. The summed E-state index contributed by atoms with van der Waals surface area (Å²) in [5.74, 6) is -0.918. The first-order chi connectivity index (χ1) is 17.7. The molecular formula is C28H31N3O4S2. The SMILES string of the molecule is CSC(=CC(=O)[C@@H]1[C@@H](c2ccc(C(C)C)cc2)[C@@H]2CCCN2[C@@]12C(=O)Nc1ccc([N+](=O)[O-])cc12)SC. The molecule has 2 aromatic carbocycles. The molecular weight excluding hydrogens is 506 g/mol. The highest BCUT2D eigenvalue weighted by atomic mass is 32.2. The molecule has 2 aromatic rings. The van der Waals surface area contributed by atoms with E-state index < -0.39 is 16.4 Å². The van der Waals surface area contributed by atoms with Gasteiger partial charge >= 0.3 is 0 Å². The first-order valence-corrected chi connectivity index (χ1v) is 15.0. The van der Waals surface area contributed by atoms with Crippen LogP contribution in [-0.4, -0.2) is 46.6 Å². The van der Waals surface area contributed by atoms with Crippen LogP contribution in [0.25, 0.3) is 0 Å². The number of benzene rings is 2. The number of non-ortho nitro benzene ring substituents is 1. The van der Waals surface area contributed by atoms with Crippen molar-refractivity contribution in [3.63, 3.8) is 0 Å². The van der Waals surface area contributed by atoms with Crippen molar-refractivity contribution in [3.05, 3.63) is 79.6 Å². The van der Waals surface area contributed by atoms with Crippen LogP contribution in [0.3, 0.4) is 0 Å². The third kappa shape index (κ3) is 4.02. The Hall–Kier alpha value is -2.62. The van der Waals surface area contributed by atoms with E-state index in [1.54, 1.807) is 12.1 Å². The standard InChI is InChI=1S/C28H31N3O4S2/c1-16(2)17-7-9-18(10-8-17)25-22-6-5-13-30(22)28(26(25)23(32)15-24(36-3)37-4)20-14-19(31(34)35)11-12-21(20)29-27(28)33/h7-12,14-16,22,25-26H,5-6,13H2,1-4H3,(H,29,33)/t22-,25-,26+,28+/m0/s1. The minimum Gasteiger partial charge on any atom is -0.324 e. The molecule has 37 heavy (non-hydrogen) atoms. The van der Waals surface area contributed by atoms with E-state index >= 15 is 0 Å². The van der Waals surface area contributed by atoms with Gasteiger partial charge in [0, 0.05) is 45.7 Å². The number of nitro groups is 1. The average Bonchev–Trinajstić information content (AvgIpc) is 3.55. The van der Waals surface area contributed by atoms with Gasteiger partial charge in [0.05, 0.1) is 10.8 Å². The summed E-state index contributed by atoms with van der Waals surface area (Å²) in [7, 11) is 0. The van der Waals surface area contributed by atoms with Gasteiger partial charge in [-0.25, -0.2) is 0 Å². The lowest BCUT2D eigenvalue weighted by Gasteiger charge is -2.36. The van der Waals surface area contributed by atoms with Gasteiger partial charge in [0.2, 0.25) is 5.91 Å². The minimum atomic E-state index is -1.29. The Morgan fingerprint density at radius 3 is 2.51 bits per heavy atom. The Morgan fingerprint density at radius 1 is 1.19 bits per heavy atom. The van der Waals surface area contributed by atoms with Crippen molar-refractivity contribution in [3.8, 4) is 0 Å². The maximum atomic E-state index is 14.3. The van der Waals surface area contributed by atoms with Crippen molar-refractivity contribution < 1.29 is 14.5 Å². The van der Waals surface area contributed by atoms with Crippen LogP contribution in [0.2, 0.25) is 0 Å². The van der Waals surface area contributed by atoms with E-state index in [-0.39, 0.29) is 29.3 Å². The summed E-state index contributed by atoms with van der Waals surface area (Å²) >= 11 is 3.01. The van der Waals surface area contributed by atoms with Crippen molar-refractivity contribution in [2.45, 2.75) is 50.1 Å². The number of fused-ring (bicyclic) bond motifs is 4. The van der Waals surface area contributed by atoms with E-state index in [1.165, 1.54) is 41.2 Å². The number of carbonyl (C=O) groups is 2. The van der Waals surface area contributed by atoms with Crippen LogP contribution in [0, 0.1) is 16.0 Å². The molecule has 0 unspecified atom stereocenters. The predicted octanol–water partition coefficient (Wildman–Crippen LogP) is 5.88. The van der Waals surface area contributed by atoms with Crippen LogP contribution in [0.5, 0.6) is 0 Å². The summed E-state index contributed by atoms with van der Waals surface area (Å²) in [6, 6.07) is 12.9. The zero-order valence-electron chi connectivity index (χ0n) is 21.4. The molecule has 0 aromatic heterocycles. The molecule has 3 aliphatic heterocycles. The summed E-state index contributed by atoms with van der Waals surface area (Å²) in [6.07, 6.45) is 7.30. The zero-order chi connectivity index (χ0) is 26.5. The lowest BCUT2D eigenvalue weighted by Crippen LogP contribution is -2.52. The third-order valence-corrected chi connectivity index (χ3v) is 10.2. The van der Waals surface area contributed by atoms with Gasteiger partial charge < -0.3 is 5.32 Å². The van der Waals surface area contributed by atoms with Gasteiger partial charge in [-0.1, -0.05) is 38.1 Å². The predicted molar refractivity (Wildman–Crippen MR) is 150 cm³/mol. The maximum Gasteiger partial charge on any atom is 0.269 e. The normalized spacial score (nSPS) is 26.3. The van der Waals surface area contributed by atoms with Crippen LogP contribution in [0.4, 0.5) is 11.4 Å². The summed E-state index contributed by atoms with van der Waals surface area (Å²) in [6.45, 7) is 4.95. The summed E-state index contributed by atoms with van der Waals surface area (Å²) in [5, 5.41) is 14.7. The van der Waals surface area contributed by atoms with Crippen LogP contribution in [0.15, 0.2) is 52.8 Å². The maximum absolute atomic E-state index is 14.3. The second-order valence-corrected chi connectivity index (χ2v) is 12.2. The highest BCUT2D eigenvalue weighted by molar-refractivity contribution is 8.21. The van der Waals surface area contributed by atoms with Crippen LogP contribution < -0.4 is 5.32 Å². The molecule has 0 bridgehead atoms. The Bertz CT molecular complexity index is 1290. The van der Waals surface area contributed by atoms with E-state index in [4.69, 9.17) is 0 Å². The number of ketones is 1. The number of nitro benzene ring substituents is 1. The number of carbonyl (C=O) groups excluding carboxylic acids is 2. The Balaban J connectivity index is 1.75. The number of allylic oxidation sites excluding steroid dienone is 1. The Labute approximate surface area is 225 Å². The number of hydrogen-bond acceptors (Lipinski definition) is 7. The van der Waals surface area contributed by atoms with E-state index in [9.17, 15) is 19.7 Å². The number of hydrogen-bond donors (Lipinski definition) is 1. The molecule has 0 radical (unpaired) electrons. The molecule has 1 amide bonds. The molecule has 3 heterocycles. The number of thioether (sulfide) groups is 2. The van der Waals surface area contributed by atoms with Gasteiger partial charge in [-0.3, -0.25) is 24.6 Å². The first-order valence-electron chi connectivity index (χ1n) is 12.5. The molecule has 2 fully saturated rings. The molecule has 4 atom stereocenters. The summed E-state index contributed by atoms with van der Waals surface area (Å²) < 4.78 is 0.874. The van der Waals surface area contributed by atoms with Crippen molar-refractivity contribution in [2.24, 2.45) is 5.92 Å². The lowest BCUT2D eigenvalue weighted by atomic mass is 9.69. The molecule has 9 heteroatoms. The van der Waals surface area contributed by atoms with E-state index in [0.717, 1.165) is 22.6 Å². The third-order valence-electron chi connectivity index (χ3n) is 8.15. The first kappa shape index (κ1) is 26.0. The molecule has 7 nitrogen and oxygen atoms in total. The van der Waals surface area contributed by atoms with Crippen molar-refractivity contribution in [1.82, 2.24) is 4.90 Å². The summed E-state index contributed by atoms with van der Waals surface area (Å²) in [5.41, 5.74) is 1.97. The van der Waals surface area contributed by atoms with Gasteiger partial charge in [0.25, 0.3) is 5.69 Å². The zero-order valence-corrected chi connectivity index (χ0v) is 23.0. The second-order valence-electron chi connectivity index (χ2n) is 10.2. The van der Waals surface area contributed by atoms with Crippen LogP contribution >= 0.6 is 23.5 Å². The highest BCUT2D eigenvalue weighted by Crippen LogP contribution is 2.61. The monoisotopic (exact) mass is 537 g/mol. The molecule has 1 spiro atoms. The Morgan fingerprint density at radius 2 is 1.89 bits per heavy atom. The quantitative estimate of drug-likeness (QED) is 0.268. The molecule has 3 aliphatic rings. The van der Waals surface area contributed by atoms with Gasteiger partial charge in [-0.05, 0) is 55.0 Å². The highest BCUT2D eigenvalue weighted by Gasteiger charge is 2.69. The fourth-order valence-electron chi connectivity index (χ4n) is 6.58. The van der Waals surface area contributed by atoms with Crippen LogP contribution in [0.1, 0.15) is 55.2 Å². The lowest BCUT2D eigenvalue weighted by molar-refractivity contribution is -0.385. The van der Waals surface area contributed by atoms with Gasteiger partial charge in [0.15, 0.2) is 5.78 Å². The van der Waals surface area contributed by atoms with Crippen molar-refractivity contribution >= 4 is 46.6 Å². The average molecular weight is 538 g/mol. The molecule has 1 N–H and O–H groups in total. The van der Waals surface area contributed by atoms with E-state index in [0.29, 0.717) is 23.7 Å².